The summed E-state index contributed by atoms with van der Waals surface area (Å²) >= 11 is 0. The average molecular weight is 186 g/mol. The molecule has 1 aliphatic carbocycles. The maximum atomic E-state index is 11.4. The number of rotatable bonds is 0. The Morgan fingerprint density at radius 2 is 2.31 bits per heavy atom. The van der Waals surface area contributed by atoms with Crippen LogP contribution in [0.4, 0.5) is 0 Å². The fourth-order valence-electron chi connectivity index (χ4n) is 2.37. The molecular weight excluding hydrogens is 172 g/mol. The number of aliphatic hydroxyl groups excluding tert-OH is 1. The molecule has 0 amide bonds. The van der Waals surface area contributed by atoms with Gasteiger partial charge in [0.15, 0.2) is 5.60 Å². The number of esters is 1. The molecule has 0 unspecified atom stereocenters. The van der Waals surface area contributed by atoms with Gasteiger partial charge in [0, 0.05) is 5.92 Å². The molecule has 74 valence electrons. The summed E-state index contributed by atoms with van der Waals surface area (Å²) in [5, 5.41) is 19.5. The summed E-state index contributed by atoms with van der Waals surface area (Å²) in [6.07, 6.45) is 0.627. The maximum absolute atomic E-state index is 11.4. The number of fused-ring (bicyclic) bond motifs is 1. The predicted molar refractivity (Wildman–Crippen MR) is 43.9 cm³/mol. The zero-order valence-corrected chi connectivity index (χ0v) is 7.56. The number of ether oxygens (including phenoxy) is 1. The van der Waals surface area contributed by atoms with Gasteiger partial charge >= 0.3 is 5.97 Å². The SMILES string of the molecule is C[C@H]1C[C@@H]2[C@H](O)CC[C@]2(O)C(=O)O1. The fourth-order valence-corrected chi connectivity index (χ4v) is 2.37. The van der Waals surface area contributed by atoms with E-state index in [-0.39, 0.29) is 12.0 Å². The van der Waals surface area contributed by atoms with E-state index in [1.165, 1.54) is 0 Å². The molecule has 1 saturated heterocycles. The minimum absolute atomic E-state index is 0.189. The number of aliphatic hydroxyl groups is 2. The summed E-state index contributed by atoms with van der Waals surface area (Å²) in [6.45, 7) is 1.78. The lowest BCUT2D eigenvalue weighted by atomic mass is 9.83. The first-order valence-corrected chi connectivity index (χ1v) is 4.65. The van der Waals surface area contributed by atoms with Crippen molar-refractivity contribution in [1.29, 1.82) is 0 Å². The molecule has 0 bridgehead atoms. The lowest BCUT2D eigenvalue weighted by molar-refractivity contribution is -0.191. The third-order valence-corrected chi connectivity index (χ3v) is 3.15. The second-order valence-corrected chi connectivity index (χ2v) is 4.09. The van der Waals surface area contributed by atoms with Gasteiger partial charge in [-0.15, -0.1) is 0 Å². The van der Waals surface area contributed by atoms with Gasteiger partial charge in [0.05, 0.1) is 12.2 Å². The van der Waals surface area contributed by atoms with Gasteiger partial charge in [-0.25, -0.2) is 4.79 Å². The molecule has 1 heterocycles. The molecule has 0 spiro atoms. The number of hydrogen-bond acceptors (Lipinski definition) is 4. The van der Waals surface area contributed by atoms with Crippen LogP contribution in [0.25, 0.3) is 0 Å². The van der Waals surface area contributed by atoms with Crippen LogP contribution in [0.2, 0.25) is 0 Å². The van der Waals surface area contributed by atoms with Crippen LogP contribution in [0, 0.1) is 5.92 Å². The van der Waals surface area contributed by atoms with Crippen LogP contribution >= 0.6 is 0 Å². The standard InChI is InChI=1S/C9H14O4/c1-5-4-6-7(10)2-3-9(6,12)8(11)13-5/h5-7,10,12H,2-4H2,1H3/t5-,6+,7+,9+/m0/s1. The van der Waals surface area contributed by atoms with Crippen LogP contribution in [0.3, 0.4) is 0 Å². The molecule has 2 aliphatic rings. The second kappa shape index (κ2) is 2.69. The first-order valence-electron chi connectivity index (χ1n) is 4.65. The van der Waals surface area contributed by atoms with E-state index in [0.29, 0.717) is 19.3 Å². The molecule has 2 rings (SSSR count). The predicted octanol–water partition coefficient (Wildman–Crippen LogP) is -0.176. The van der Waals surface area contributed by atoms with Crippen molar-refractivity contribution in [3.8, 4) is 0 Å². The van der Waals surface area contributed by atoms with Crippen molar-refractivity contribution in [2.24, 2.45) is 5.92 Å². The van der Waals surface area contributed by atoms with Crippen LogP contribution < -0.4 is 0 Å². The summed E-state index contributed by atoms with van der Waals surface area (Å²) in [4.78, 5) is 11.4. The molecule has 2 N–H and O–H groups in total. The average Bonchev–Trinajstić information content (AvgIpc) is 2.33. The Balaban J connectivity index is 2.26. The van der Waals surface area contributed by atoms with Gasteiger partial charge in [0.25, 0.3) is 0 Å². The van der Waals surface area contributed by atoms with Gasteiger partial charge in [-0.2, -0.15) is 0 Å². The number of hydrogen-bond donors (Lipinski definition) is 2. The van der Waals surface area contributed by atoms with Crippen molar-refractivity contribution in [2.45, 2.75) is 44.0 Å². The second-order valence-electron chi connectivity index (χ2n) is 4.09. The Labute approximate surface area is 76.5 Å². The monoisotopic (exact) mass is 186 g/mol. The number of carbonyl (C=O) groups is 1. The van der Waals surface area contributed by atoms with Crippen LogP contribution in [0.15, 0.2) is 0 Å². The van der Waals surface area contributed by atoms with E-state index in [4.69, 9.17) is 4.74 Å². The quantitative estimate of drug-likeness (QED) is 0.515. The number of cyclic esters (lactones) is 1. The normalized spacial score (nSPS) is 50.1. The Hall–Kier alpha value is -0.610. The first-order chi connectivity index (χ1) is 6.04. The molecule has 2 fully saturated rings. The van der Waals surface area contributed by atoms with Gasteiger partial charge in [-0.1, -0.05) is 0 Å². The van der Waals surface area contributed by atoms with Gasteiger partial charge in [0.1, 0.15) is 0 Å². The molecular formula is C9H14O4. The van der Waals surface area contributed by atoms with E-state index in [1.54, 1.807) is 6.92 Å². The lowest BCUT2D eigenvalue weighted by Gasteiger charge is -2.36. The molecule has 0 aromatic carbocycles. The molecule has 0 aromatic rings. The van der Waals surface area contributed by atoms with Crippen LogP contribution in [-0.2, 0) is 9.53 Å². The summed E-state index contributed by atoms with van der Waals surface area (Å²) in [6, 6.07) is 0. The lowest BCUT2D eigenvalue weighted by Crippen LogP contribution is -2.52. The van der Waals surface area contributed by atoms with Crippen molar-refractivity contribution in [2.75, 3.05) is 0 Å². The minimum Gasteiger partial charge on any atom is -0.461 e. The van der Waals surface area contributed by atoms with Crippen molar-refractivity contribution in [3.63, 3.8) is 0 Å². The smallest absolute Gasteiger partial charge is 0.338 e. The summed E-state index contributed by atoms with van der Waals surface area (Å²) in [5.41, 5.74) is -1.41. The van der Waals surface area contributed by atoms with Gasteiger partial charge in [-0.3, -0.25) is 0 Å². The Bertz CT molecular complexity index is 240. The van der Waals surface area contributed by atoms with Gasteiger partial charge in [-0.05, 0) is 26.2 Å². The molecule has 1 saturated carbocycles. The summed E-state index contributed by atoms with van der Waals surface area (Å²) < 4.78 is 4.95. The van der Waals surface area contributed by atoms with Crippen molar-refractivity contribution in [1.82, 2.24) is 0 Å². The highest BCUT2D eigenvalue weighted by atomic mass is 16.6. The highest BCUT2D eigenvalue weighted by molar-refractivity contribution is 5.81. The van der Waals surface area contributed by atoms with Crippen LogP contribution in [-0.4, -0.2) is 34.0 Å². The van der Waals surface area contributed by atoms with E-state index in [0.717, 1.165) is 0 Å². The fraction of sp³-hybridized carbons (Fsp3) is 0.889. The summed E-state index contributed by atoms with van der Waals surface area (Å²) in [7, 11) is 0. The number of carbonyl (C=O) groups excluding carboxylic acids is 1. The van der Waals surface area contributed by atoms with Crippen LogP contribution in [0.5, 0.6) is 0 Å². The van der Waals surface area contributed by atoms with Crippen molar-refractivity contribution < 1.29 is 19.7 Å². The van der Waals surface area contributed by atoms with Crippen molar-refractivity contribution >= 4 is 5.97 Å². The first kappa shape index (κ1) is 8.97. The summed E-state index contributed by atoms with van der Waals surface area (Å²) in [5.74, 6) is -0.892. The highest BCUT2D eigenvalue weighted by Crippen LogP contribution is 2.43. The van der Waals surface area contributed by atoms with Gasteiger partial charge < -0.3 is 14.9 Å². The third-order valence-electron chi connectivity index (χ3n) is 3.15. The van der Waals surface area contributed by atoms with E-state index < -0.39 is 17.7 Å². The Morgan fingerprint density at radius 3 is 3.00 bits per heavy atom. The third kappa shape index (κ3) is 1.16. The highest BCUT2D eigenvalue weighted by Gasteiger charge is 2.56. The molecule has 4 heteroatoms. The van der Waals surface area contributed by atoms with Gasteiger partial charge in [0.2, 0.25) is 0 Å². The molecule has 4 nitrogen and oxygen atoms in total. The zero-order chi connectivity index (χ0) is 9.64. The van der Waals surface area contributed by atoms with Crippen molar-refractivity contribution in [3.05, 3.63) is 0 Å². The van der Waals surface area contributed by atoms with E-state index in [1.807, 2.05) is 0 Å². The van der Waals surface area contributed by atoms with E-state index >= 15 is 0 Å². The molecule has 0 aromatic heterocycles. The Kier molecular flexibility index (Phi) is 1.85. The maximum Gasteiger partial charge on any atom is 0.338 e. The largest absolute Gasteiger partial charge is 0.461 e. The molecule has 0 radical (unpaired) electrons. The topological polar surface area (TPSA) is 66.8 Å². The Morgan fingerprint density at radius 1 is 1.62 bits per heavy atom. The minimum atomic E-state index is -1.41. The molecule has 4 atom stereocenters. The van der Waals surface area contributed by atoms with E-state index in [2.05, 4.69) is 0 Å². The van der Waals surface area contributed by atoms with E-state index in [9.17, 15) is 15.0 Å². The molecule has 13 heavy (non-hydrogen) atoms. The van der Waals surface area contributed by atoms with Crippen LogP contribution in [0.1, 0.15) is 26.2 Å². The molecule has 1 aliphatic heterocycles. The zero-order valence-electron chi connectivity index (χ0n) is 7.56.